The van der Waals surface area contributed by atoms with Crippen LogP contribution in [0.1, 0.15) is 206 Å². The Bertz CT molecular complexity index is 1050. The van der Waals surface area contributed by atoms with Gasteiger partial charge in [-0.3, -0.25) is 0 Å². The smallest absolute Gasteiger partial charge is 0.127 e. The molecule has 316 valence electrons. The van der Waals surface area contributed by atoms with E-state index >= 15 is 0 Å². The Morgan fingerprint density at radius 1 is 0.364 bits per heavy atom. The summed E-state index contributed by atoms with van der Waals surface area (Å²) in [6, 6.07) is 17.1. The highest BCUT2D eigenvalue weighted by Crippen LogP contribution is 2.25. The summed E-state index contributed by atoms with van der Waals surface area (Å²) in [6.45, 7) is 9.02. The zero-order valence-corrected chi connectivity index (χ0v) is 36.6. The molecular weight excluding hydrogens is 673 g/mol. The number of unbranched alkanes of at least 4 members (excludes halogenated alkanes) is 22. The van der Waals surface area contributed by atoms with Gasteiger partial charge in [0.1, 0.15) is 11.5 Å². The Labute approximate surface area is 341 Å². The van der Waals surface area contributed by atoms with E-state index in [2.05, 4.69) is 52.0 Å². The topological polar surface area (TPSA) is 113 Å². The van der Waals surface area contributed by atoms with Crippen molar-refractivity contribution in [1.29, 1.82) is 0 Å². The Hall–Kier alpha value is -1.92. The second-order valence-corrected chi connectivity index (χ2v) is 17.5. The average Bonchev–Trinajstić information content (AvgIpc) is 3.19. The van der Waals surface area contributed by atoms with Gasteiger partial charge in [-0.05, 0) is 72.9 Å². The van der Waals surface area contributed by atoms with Gasteiger partial charge in [0.05, 0.1) is 0 Å². The molecule has 6 atom stereocenters. The molecule has 0 saturated carbocycles. The van der Waals surface area contributed by atoms with Crippen LogP contribution >= 0.6 is 0 Å². The first-order chi connectivity index (χ1) is 26.7. The number of hydrogen-bond acceptors (Lipinski definition) is 5. The Balaban J connectivity index is 1.59. The monoisotopic (exact) mass is 763 g/mol. The summed E-state index contributed by atoms with van der Waals surface area (Å²) in [6.07, 6.45) is 36.6. The highest BCUT2D eigenvalue weighted by molar-refractivity contribution is 5.35. The number of ether oxygens (including phenoxy) is 1. The fourth-order valence-corrected chi connectivity index (χ4v) is 8.04. The highest BCUT2D eigenvalue weighted by atomic mass is 16.5. The Morgan fingerprint density at radius 2 is 0.618 bits per heavy atom. The zero-order valence-electron chi connectivity index (χ0n) is 36.6. The fraction of sp³-hybridized carbons (Fsp3) is 0.760. The molecule has 0 aliphatic carbocycles. The van der Waals surface area contributed by atoms with Gasteiger partial charge in [-0.15, -0.1) is 0 Å². The van der Waals surface area contributed by atoms with Crippen LogP contribution in [0, 0.1) is 11.8 Å². The molecule has 55 heavy (non-hydrogen) atoms. The van der Waals surface area contributed by atoms with Crippen molar-refractivity contribution in [1.82, 2.24) is 0 Å². The van der Waals surface area contributed by atoms with E-state index in [9.17, 15) is 0 Å². The number of rotatable bonds is 36. The molecule has 0 fully saturated rings. The second kappa shape index (κ2) is 32.1. The first-order valence-electron chi connectivity index (χ1n) is 23.6. The average molecular weight is 763 g/mol. The van der Waals surface area contributed by atoms with Crippen molar-refractivity contribution in [3.05, 3.63) is 59.7 Å². The maximum Gasteiger partial charge on any atom is 0.127 e. The Morgan fingerprint density at radius 3 is 0.891 bits per heavy atom. The van der Waals surface area contributed by atoms with Crippen LogP contribution < -0.4 is 27.7 Å². The first kappa shape index (κ1) is 49.2. The molecular formula is C50H90N4O. The van der Waals surface area contributed by atoms with Crippen LogP contribution in [0.5, 0.6) is 11.5 Å². The maximum absolute atomic E-state index is 6.67. The van der Waals surface area contributed by atoms with Gasteiger partial charge in [-0.25, -0.2) is 0 Å². The predicted molar refractivity (Wildman–Crippen MR) is 242 cm³/mol. The molecule has 6 unspecified atom stereocenters. The lowest BCUT2D eigenvalue weighted by molar-refractivity contribution is 0.350. The molecule has 0 aromatic heterocycles. The second-order valence-electron chi connectivity index (χ2n) is 17.5. The lowest BCUT2D eigenvalue weighted by atomic mass is 9.87. The van der Waals surface area contributed by atoms with Crippen molar-refractivity contribution in [3.63, 3.8) is 0 Å². The van der Waals surface area contributed by atoms with E-state index in [0.717, 1.165) is 37.2 Å². The number of nitrogens with two attached hydrogens (primary N) is 4. The van der Waals surface area contributed by atoms with Crippen molar-refractivity contribution < 1.29 is 4.74 Å². The van der Waals surface area contributed by atoms with Crippen molar-refractivity contribution in [2.45, 2.75) is 232 Å². The van der Waals surface area contributed by atoms with Gasteiger partial charge in [-0.2, -0.15) is 0 Å². The van der Waals surface area contributed by atoms with Crippen LogP contribution in [-0.4, -0.2) is 24.2 Å². The third-order valence-corrected chi connectivity index (χ3v) is 12.5. The molecule has 5 nitrogen and oxygen atoms in total. The van der Waals surface area contributed by atoms with E-state index in [1.807, 2.05) is 24.3 Å². The summed E-state index contributed by atoms with van der Waals surface area (Å²) >= 11 is 0. The van der Waals surface area contributed by atoms with Crippen LogP contribution in [0.25, 0.3) is 0 Å². The van der Waals surface area contributed by atoms with E-state index in [1.54, 1.807) is 0 Å². The van der Waals surface area contributed by atoms with E-state index in [-0.39, 0.29) is 36.0 Å². The summed E-state index contributed by atoms with van der Waals surface area (Å²) in [7, 11) is 0. The molecule has 0 bridgehead atoms. The molecule has 2 aromatic carbocycles. The normalized spacial score (nSPS) is 15.1. The molecule has 0 aliphatic rings. The quantitative estimate of drug-likeness (QED) is 0.0516. The largest absolute Gasteiger partial charge is 0.457 e. The molecule has 5 heteroatoms. The van der Waals surface area contributed by atoms with Gasteiger partial charge >= 0.3 is 0 Å². The Kier molecular flexibility index (Phi) is 28.7. The summed E-state index contributed by atoms with van der Waals surface area (Å²) in [5.74, 6) is 2.23. The lowest BCUT2D eigenvalue weighted by Crippen LogP contribution is -2.42. The van der Waals surface area contributed by atoms with Crippen molar-refractivity contribution >= 4 is 0 Å². The molecule has 0 spiro atoms. The van der Waals surface area contributed by atoms with Crippen molar-refractivity contribution in [2.24, 2.45) is 34.8 Å². The summed E-state index contributed by atoms with van der Waals surface area (Å²) in [5, 5.41) is 0. The number of benzene rings is 2. The standard InChI is InChI=1S/C50H90N4O/c1-5-7-9-11-13-15-17-19-21-23-25-27-29-47(51)41(3)49(53)39-43-31-35-45(36-32-43)55-46-37-33-44(34-38-46)40-50(54)42(4)48(52)30-28-26-24-22-20-18-16-14-12-10-8-6-2/h31-38,41-42,47-50H,5-30,39-40,51-54H2,1-4H3. The molecule has 2 rings (SSSR count). The minimum absolute atomic E-state index is 0.0460. The van der Waals surface area contributed by atoms with Gasteiger partial charge in [0.15, 0.2) is 0 Å². The summed E-state index contributed by atoms with van der Waals surface area (Å²) in [4.78, 5) is 0. The highest BCUT2D eigenvalue weighted by Gasteiger charge is 2.21. The summed E-state index contributed by atoms with van der Waals surface area (Å²) in [5.41, 5.74) is 29.0. The molecule has 0 aliphatic heterocycles. The first-order valence-corrected chi connectivity index (χ1v) is 23.6. The van der Waals surface area contributed by atoms with Crippen molar-refractivity contribution in [2.75, 3.05) is 0 Å². The zero-order chi connectivity index (χ0) is 39.9. The molecule has 0 radical (unpaired) electrons. The van der Waals surface area contributed by atoms with E-state index < -0.39 is 0 Å². The van der Waals surface area contributed by atoms with Crippen LogP contribution in [0.2, 0.25) is 0 Å². The van der Waals surface area contributed by atoms with Crippen molar-refractivity contribution in [3.8, 4) is 11.5 Å². The van der Waals surface area contributed by atoms with Gasteiger partial charge in [0.2, 0.25) is 0 Å². The lowest BCUT2D eigenvalue weighted by Gasteiger charge is -2.26. The predicted octanol–water partition coefficient (Wildman–Crippen LogP) is 13.3. The minimum Gasteiger partial charge on any atom is -0.457 e. The van der Waals surface area contributed by atoms with Gasteiger partial charge in [-0.1, -0.05) is 206 Å². The molecule has 0 heterocycles. The third-order valence-electron chi connectivity index (χ3n) is 12.5. The van der Waals surface area contributed by atoms with Crippen LogP contribution in [0.4, 0.5) is 0 Å². The van der Waals surface area contributed by atoms with Gasteiger partial charge in [0, 0.05) is 24.2 Å². The van der Waals surface area contributed by atoms with E-state index in [4.69, 9.17) is 27.7 Å². The van der Waals surface area contributed by atoms with Crippen LogP contribution in [0.15, 0.2) is 48.5 Å². The number of hydrogen-bond donors (Lipinski definition) is 4. The molecule has 2 aromatic rings. The van der Waals surface area contributed by atoms with Crippen LogP contribution in [-0.2, 0) is 12.8 Å². The maximum atomic E-state index is 6.67. The van der Waals surface area contributed by atoms with Gasteiger partial charge in [0.25, 0.3) is 0 Å². The SMILES string of the molecule is CCCCCCCCCCCCCCC(N)C(C)C(N)Cc1ccc(Oc2ccc(CC(N)C(C)C(N)CCCCCCCCCCCCCC)cc2)cc1. The molecule has 0 saturated heterocycles. The van der Waals surface area contributed by atoms with Gasteiger partial charge < -0.3 is 27.7 Å². The molecule has 8 N–H and O–H groups in total. The summed E-state index contributed by atoms with van der Waals surface area (Å²) < 4.78 is 6.19. The minimum atomic E-state index is 0.0460. The van der Waals surface area contributed by atoms with E-state index in [0.29, 0.717) is 0 Å². The third kappa shape index (κ3) is 23.8. The van der Waals surface area contributed by atoms with Crippen LogP contribution in [0.3, 0.4) is 0 Å². The molecule has 0 amide bonds. The van der Waals surface area contributed by atoms with E-state index in [1.165, 1.54) is 165 Å². The fourth-order valence-electron chi connectivity index (χ4n) is 8.04.